The van der Waals surface area contributed by atoms with Gasteiger partial charge in [-0.05, 0) is 24.6 Å². The van der Waals surface area contributed by atoms with E-state index in [0.717, 1.165) is 12.2 Å². The number of hydrogen-bond acceptors (Lipinski definition) is 3. The molecule has 1 aromatic heterocycles. The number of ether oxygens (including phenoxy) is 1. The molecule has 6 heteroatoms. The maximum absolute atomic E-state index is 11.9. The highest BCUT2D eigenvalue weighted by molar-refractivity contribution is 5.10. The van der Waals surface area contributed by atoms with E-state index in [0.29, 0.717) is 18.2 Å². The van der Waals surface area contributed by atoms with E-state index in [-0.39, 0.29) is 13.2 Å². The Balaban J connectivity index is 2.32. The monoisotopic (exact) mass is 290 g/mol. The molecule has 20 heavy (non-hydrogen) atoms. The van der Waals surface area contributed by atoms with Crippen molar-refractivity contribution in [3.05, 3.63) is 29.6 Å². The van der Waals surface area contributed by atoms with Gasteiger partial charge in [-0.3, -0.25) is 4.98 Å². The molecule has 1 heterocycles. The number of nitrogens with zero attached hydrogens (tertiary/aromatic N) is 1. The molecule has 1 N–H and O–H groups in total. The third-order valence-corrected chi connectivity index (χ3v) is 2.50. The van der Waals surface area contributed by atoms with Crippen LogP contribution in [0.5, 0.6) is 0 Å². The van der Waals surface area contributed by atoms with Gasteiger partial charge < -0.3 is 10.1 Å². The Morgan fingerprint density at radius 1 is 1.25 bits per heavy atom. The Bertz CT molecular complexity index is 394. The van der Waals surface area contributed by atoms with E-state index in [9.17, 15) is 13.2 Å². The highest BCUT2D eigenvalue weighted by Gasteiger charge is 2.26. The van der Waals surface area contributed by atoms with Crippen LogP contribution in [0.2, 0.25) is 0 Å². The quantitative estimate of drug-likeness (QED) is 0.746. The summed E-state index contributed by atoms with van der Waals surface area (Å²) < 4.78 is 40.8. The maximum atomic E-state index is 11.9. The minimum absolute atomic E-state index is 0.105. The summed E-state index contributed by atoms with van der Waals surface area (Å²) in [4.78, 5) is 4.33. The third kappa shape index (κ3) is 8.12. The molecule has 0 atom stereocenters. The van der Waals surface area contributed by atoms with E-state index >= 15 is 0 Å². The van der Waals surface area contributed by atoms with Crippen LogP contribution in [0.4, 0.5) is 13.2 Å². The van der Waals surface area contributed by atoms with E-state index in [1.807, 2.05) is 12.1 Å². The van der Waals surface area contributed by atoms with Gasteiger partial charge in [0.2, 0.25) is 0 Å². The van der Waals surface area contributed by atoms with Crippen LogP contribution in [-0.2, 0) is 17.9 Å². The second-order valence-corrected chi connectivity index (χ2v) is 5.06. The lowest BCUT2D eigenvalue weighted by atomic mass is 10.2. The highest BCUT2D eigenvalue weighted by Crippen LogP contribution is 2.19. The molecule has 0 unspecified atom stereocenters. The number of pyridine rings is 1. The average Bonchev–Trinajstić information content (AvgIpc) is 2.34. The van der Waals surface area contributed by atoms with Crippen LogP contribution in [0.1, 0.15) is 31.7 Å². The highest BCUT2D eigenvalue weighted by atomic mass is 19.4. The van der Waals surface area contributed by atoms with Crippen LogP contribution in [0.3, 0.4) is 0 Å². The molecule has 3 nitrogen and oxygen atoms in total. The minimum Gasteiger partial charge on any atom is -0.375 e. The Hall–Kier alpha value is -1.14. The summed E-state index contributed by atoms with van der Waals surface area (Å²) in [5.41, 5.74) is 1.51. The summed E-state index contributed by atoms with van der Waals surface area (Å²) in [7, 11) is 0. The van der Waals surface area contributed by atoms with Crippen molar-refractivity contribution in [2.24, 2.45) is 5.92 Å². The number of hydrogen-bond donors (Lipinski definition) is 1. The first-order valence-electron chi connectivity index (χ1n) is 6.67. The van der Waals surface area contributed by atoms with Crippen molar-refractivity contribution in [3.8, 4) is 0 Å². The predicted octanol–water partition coefficient (Wildman–Crippen LogP) is 3.30. The molecular weight excluding hydrogens is 269 g/mol. The minimum atomic E-state index is -4.17. The van der Waals surface area contributed by atoms with Gasteiger partial charge in [0.15, 0.2) is 0 Å². The van der Waals surface area contributed by atoms with E-state index in [1.165, 1.54) is 0 Å². The molecule has 1 rings (SSSR count). The molecule has 114 valence electrons. The largest absolute Gasteiger partial charge is 0.391 e. The molecule has 0 aromatic carbocycles. The van der Waals surface area contributed by atoms with E-state index in [1.54, 1.807) is 6.07 Å². The van der Waals surface area contributed by atoms with Gasteiger partial charge in [0.25, 0.3) is 0 Å². The van der Waals surface area contributed by atoms with Gasteiger partial charge in [0, 0.05) is 6.54 Å². The SMILES string of the molecule is CC(C)CNCc1cccc(COCCC(F)(F)F)n1. The number of aromatic nitrogens is 1. The number of halogens is 3. The predicted molar refractivity (Wildman–Crippen MR) is 71.1 cm³/mol. The molecule has 1 aromatic rings. The Morgan fingerprint density at radius 2 is 1.95 bits per heavy atom. The summed E-state index contributed by atoms with van der Waals surface area (Å²) in [5.74, 6) is 0.559. The Kier molecular flexibility index (Phi) is 6.95. The van der Waals surface area contributed by atoms with Gasteiger partial charge in [0.05, 0.1) is 31.0 Å². The molecule has 0 aliphatic carbocycles. The summed E-state index contributed by atoms with van der Waals surface area (Å²) in [6.07, 6.45) is -5.10. The lowest BCUT2D eigenvalue weighted by molar-refractivity contribution is -0.146. The van der Waals surface area contributed by atoms with E-state index < -0.39 is 12.6 Å². The fourth-order valence-corrected chi connectivity index (χ4v) is 1.56. The second-order valence-electron chi connectivity index (χ2n) is 5.06. The maximum Gasteiger partial charge on any atom is 0.391 e. The standard InChI is InChI=1S/C14H21F3N2O/c1-11(2)8-18-9-12-4-3-5-13(19-12)10-20-7-6-14(15,16)17/h3-5,11,18H,6-10H2,1-2H3. The summed E-state index contributed by atoms with van der Waals surface area (Å²) in [6, 6.07) is 5.47. The van der Waals surface area contributed by atoms with Crippen LogP contribution in [0.25, 0.3) is 0 Å². The summed E-state index contributed by atoms with van der Waals surface area (Å²) in [6.45, 7) is 5.55. The molecule has 0 fully saturated rings. The fraction of sp³-hybridized carbons (Fsp3) is 0.643. The van der Waals surface area contributed by atoms with Crippen LogP contribution in [0, 0.1) is 5.92 Å². The van der Waals surface area contributed by atoms with Gasteiger partial charge in [-0.1, -0.05) is 19.9 Å². The van der Waals surface area contributed by atoms with Crippen molar-refractivity contribution in [2.75, 3.05) is 13.2 Å². The van der Waals surface area contributed by atoms with Crippen LogP contribution in [-0.4, -0.2) is 24.3 Å². The molecule has 0 bridgehead atoms. The zero-order chi connectivity index (χ0) is 15.0. The molecule has 0 spiro atoms. The van der Waals surface area contributed by atoms with Crippen LogP contribution < -0.4 is 5.32 Å². The van der Waals surface area contributed by atoms with Crippen LogP contribution in [0.15, 0.2) is 18.2 Å². The molecule has 0 saturated heterocycles. The molecule has 0 saturated carbocycles. The van der Waals surface area contributed by atoms with Crippen molar-refractivity contribution in [3.63, 3.8) is 0 Å². The van der Waals surface area contributed by atoms with Gasteiger partial charge in [-0.15, -0.1) is 0 Å². The van der Waals surface area contributed by atoms with Crippen molar-refractivity contribution < 1.29 is 17.9 Å². The summed E-state index contributed by atoms with van der Waals surface area (Å²) in [5, 5.41) is 3.26. The van der Waals surface area contributed by atoms with Crippen molar-refractivity contribution >= 4 is 0 Å². The normalized spacial score (nSPS) is 12.1. The van der Waals surface area contributed by atoms with Gasteiger partial charge in [-0.2, -0.15) is 13.2 Å². The first-order chi connectivity index (χ1) is 9.37. The van der Waals surface area contributed by atoms with Crippen molar-refractivity contribution in [2.45, 2.75) is 39.6 Å². The Labute approximate surface area is 117 Å². The van der Waals surface area contributed by atoms with E-state index in [4.69, 9.17) is 4.74 Å². The smallest absolute Gasteiger partial charge is 0.375 e. The van der Waals surface area contributed by atoms with Gasteiger partial charge in [0.1, 0.15) is 0 Å². The van der Waals surface area contributed by atoms with Crippen LogP contribution >= 0.6 is 0 Å². The number of rotatable bonds is 8. The first kappa shape index (κ1) is 16.9. The first-order valence-corrected chi connectivity index (χ1v) is 6.67. The van der Waals surface area contributed by atoms with Crippen molar-refractivity contribution in [1.82, 2.24) is 10.3 Å². The third-order valence-electron chi connectivity index (χ3n) is 2.50. The van der Waals surface area contributed by atoms with Crippen molar-refractivity contribution in [1.29, 1.82) is 0 Å². The zero-order valence-electron chi connectivity index (χ0n) is 11.8. The zero-order valence-corrected chi connectivity index (χ0v) is 11.8. The van der Waals surface area contributed by atoms with Gasteiger partial charge in [-0.25, -0.2) is 0 Å². The van der Waals surface area contributed by atoms with Gasteiger partial charge >= 0.3 is 6.18 Å². The Morgan fingerprint density at radius 3 is 2.60 bits per heavy atom. The topological polar surface area (TPSA) is 34.1 Å². The summed E-state index contributed by atoms with van der Waals surface area (Å²) >= 11 is 0. The number of alkyl halides is 3. The average molecular weight is 290 g/mol. The fourth-order valence-electron chi connectivity index (χ4n) is 1.56. The lowest BCUT2D eigenvalue weighted by Crippen LogP contribution is -2.19. The molecule has 0 radical (unpaired) electrons. The molecule has 0 aliphatic rings. The lowest BCUT2D eigenvalue weighted by Gasteiger charge is -2.09. The molecule has 0 aliphatic heterocycles. The molecular formula is C14H21F3N2O. The van der Waals surface area contributed by atoms with E-state index in [2.05, 4.69) is 24.1 Å². The molecule has 0 amide bonds. The second kappa shape index (κ2) is 8.21. The number of nitrogens with one attached hydrogen (secondary N) is 1.